The number of ether oxygens (including phenoxy) is 1. The van der Waals surface area contributed by atoms with Gasteiger partial charge in [0.2, 0.25) is 5.91 Å². The summed E-state index contributed by atoms with van der Waals surface area (Å²) in [5.74, 6) is -1.17. The van der Waals surface area contributed by atoms with E-state index in [2.05, 4.69) is 5.32 Å². The van der Waals surface area contributed by atoms with Crippen molar-refractivity contribution < 1.29 is 29.4 Å². The van der Waals surface area contributed by atoms with Crippen LogP contribution in [0.4, 0.5) is 4.79 Å². The maximum absolute atomic E-state index is 12.8. The number of amides is 3. The standard InChI is InChI=1S/C16H29N3O6/c1-9(2)6-11(17-15(23)25-16(3,4)5)14(22)19-8-10(20)7-12(19)13(21)18-24/h9-12,20,24H,6-8H2,1-5H3,(H,17,23)(H,18,21)/t10-,11+,12+/m1/s1. The molecule has 0 aromatic heterocycles. The molecule has 4 N–H and O–H groups in total. The lowest BCUT2D eigenvalue weighted by molar-refractivity contribution is -0.143. The topological polar surface area (TPSA) is 128 Å². The van der Waals surface area contributed by atoms with Crippen molar-refractivity contribution in [1.29, 1.82) is 0 Å². The Hall–Kier alpha value is -1.87. The number of nitrogens with zero attached hydrogens (tertiary/aromatic N) is 1. The van der Waals surface area contributed by atoms with Gasteiger partial charge in [-0.2, -0.15) is 0 Å². The summed E-state index contributed by atoms with van der Waals surface area (Å²) in [6.45, 7) is 8.89. The molecule has 1 rings (SSSR count). The third-order valence-corrected chi connectivity index (χ3v) is 3.67. The molecule has 25 heavy (non-hydrogen) atoms. The molecule has 0 spiro atoms. The predicted octanol–water partition coefficient (Wildman–Crippen LogP) is 0.393. The first-order valence-electron chi connectivity index (χ1n) is 8.36. The molecule has 0 bridgehead atoms. The second-order valence-corrected chi connectivity index (χ2v) is 7.70. The van der Waals surface area contributed by atoms with Gasteiger partial charge in [0.05, 0.1) is 6.10 Å². The van der Waals surface area contributed by atoms with Crippen LogP contribution < -0.4 is 10.8 Å². The number of carbonyl (C=O) groups excluding carboxylic acids is 3. The maximum atomic E-state index is 12.8. The van der Waals surface area contributed by atoms with E-state index in [1.54, 1.807) is 20.8 Å². The number of likely N-dealkylation sites (tertiary alicyclic amines) is 1. The molecular weight excluding hydrogens is 330 g/mol. The van der Waals surface area contributed by atoms with Gasteiger partial charge in [-0.1, -0.05) is 13.8 Å². The Bertz CT molecular complexity index is 503. The zero-order valence-corrected chi connectivity index (χ0v) is 15.4. The summed E-state index contributed by atoms with van der Waals surface area (Å²) in [6, 6.07) is -1.88. The molecule has 3 atom stereocenters. The van der Waals surface area contributed by atoms with Gasteiger partial charge in [-0.25, -0.2) is 10.3 Å². The highest BCUT2D eigenvalue weighted by atomic mass is 16.6. The van der Waals surface area contributed by atoms with Crippen LogP contribution in [0.25, 0.3) is 0 Å². The molecule has 0 aromatic rings. The number of aliphatic hydroxyl groups excluding tert-OH is 1. The van der Waals surface area contributed by atoms with E-state index in [4.69, 9.17) is 9.94 Å². The van der Waals surface area contributed by atoms with Crippen molar-refractivity contribution in [3.05, 3.63) is 0 Å². The summed E-state index contributed by atoms with van der Waals surface area (Å²) in [6.07, 6.45) is -1.22. The zero-order valence-electron chi connectivity index (χ0n) is 15.4. The summed E-state index contributed by atoms with van der Waals surface area (Å²) >= 11 is 0. The molecule has 0 unspecified atom stereocenters. The van der Waals surface area contributed by atoms with Crippen LogP contribution in [0.2, 0.25) is 0 Å². The van der Waals surface area contributed by atoms with Gasteiger partial charge in [0.15, 0.2) is 0 Å². The molecule has 1 fully saturated rings. The molecular formula is C16H29N3O6. The van der Waals surface area contributed by atoms with Crippen molar-refractivity contribution in [3.63, 3.8) is 0 Å². The molecule has 0 saturated carbocycles. The number of hydroxylamine groups is 1. The fourth-order valence-corrected chi connectivity index (χ4v) is 2.72. The summed E-state index contributed by atoms with van der Waals surface area (Å²) in [4.78, 5) is 37.8. The maximum Gasteiger partial charge on any atom is 0.408 e. The zero-order chi connectivity index (χ0) is 19.4. The highest BCUT2D eigenvalue weighted by Gasteiger charge is 2.41. The lowest BCUT2D eigenvalue weighted by atomic mass is 10.0. The van der Waals surface area contributed by atoms with Gasteiger partial charge in [-0.3, -0.25) is 14.8 Å². The highest BCUT2D eigenvalue weighted by molar-refractivity contribution is 5.91. The Balaban J connectivity index is 2.91. The molecule has 1 saturated heterocycles. The fraction of sp³-hybridized carbons (Fsp3) is 0.812. The minimum Gasteiger partial charge on any atom is -0.444 e. The van der Waals surface area contributed by atoms with Crippen LogP contribution in [-0.4, -0.2) is 63.5 Å². The van der Waals surface area contributed by atoms with Crippen LogP contribution in [-0.2, 0) is 14.3 Å². The second-order valence-electron chi connectivity index (χ2n) is 7.70. The fourth-order valence-electron chi connectivity index (χ4n) is 2.72. The Morgan fingerprint density at radius 2 is 1.88 bits per heavy atom. The molecule has 0 aromatic carbocycles. The number of carbonyl (C=O) groups is 3. The molecule has 0 radical (unpaired) electrons. The summed E-state index contributed by atoms with van der Waals surface area (Å²) in [7, 11) is 0. The van der Waals surface area contributed by atoms with E-state index in [-0.39, 0.29) is 18.9 Å². The quantitative estimate of drug-likeness (QED) is 0.415. The lowest BCUT2D eigenvalue weighted by Crippen LogP contribution is -2.54. The van der Waals surface area contributed by atoms with Crippen LogP contribution in [0.1, 0.15) is 47.5 Å². The number of aliphatic hydroxyl groups is 1. The predicted molar refractivity (Wildman–Crippen MR) is 88.7 cm³/mol. The normalized spacial score (nSPS) is 21.8. The summed E-state index contributed by atoms with van der Waals surface area (Å²) in [5.41, 5.74) is 0.798. The van der Waals surface area contributed by atoms with E-state index in [1.165, 1.54) is 10.4 Å². The monoisotopic (exact) mass is 359 g/mol. The first kappa shape index (κ1) is 21.2. The van der Waals surface area contributed by atoms with E-state index in [0.717, 1.165) is 0 Å². The second kappa shape index (κ2) is 8.48. The summed E-state index contributed by atoms with van der Waals surface area (Å²) < 4.78 is 5.19. The van der Waals surface area contributed by atoms with Gasteiger partial charge in [0.25, 0.3) is 5.91 Å². The third kappa shape index (κ3) is 6.50. The van der Waals surface area contributed by atoms with Crippen molar-refractivity contribution in [2.24, 2.45) is 5.92 Å². The van der Waals surface area contributed by atoms with E-state index in [0.29, 0.717) is 6.42 Å². The lowest BCUT2D eigenvalue weighted by Gasteiger charge is -2.29. The number of hydrogen-bond donors (Lipinski definition) is 4. The van der Waals surface area contributed by atoms with E-state index >= 15 is 0 Å². The Morgan fingerprint density at radius 3 is 2.36 bits per heavy atom. The SMILES string of the molecule is CC(C)C[C@H](NC(=O)OC(C)(C)C)C(=O)N1C[C@H](O)C[C@H]1C(=O)NO. The average molecular weight is 359 g/mol. The molecule has 144 valence electrons. The van der Waals surface area contributed by atoms with Crippen LogP contribution in [0.15, 0.2) is 0 Å². The number of nitrogens with one attached hydrogen (secondary N) is 2. The number of hydrogen-bond acceptors (Lipinski definition) is 6. The Morgan fingerprint density at radius 1 is 1.28 bits per heavy atom. The molecule has 9 nitrogen and oxygen atoms in total. The molecule has 1 aliphatic heterocycles. The average Bonchev–Trinajstić information content (AvgIpc) is 2.84. The van der Waals surface area contributed by atoms with Gasteiger partial charge in [-0.15, -0.1) is 0 Å². The minimum atomic E-state index is -0.984. The van der Waals surface area contributed by atoms with Crippen LogP contribution in [0.3, 0.4) is 0 Å². The number of β-amino-alcohol motifs (C(OH)–C–C–N with tert-alkyl or cyclic N) is 1. The number of rotatable bonds is 5. The van der Waals surface area contributed by atoms with Crippen LogP contribution in [0.5, 0.6) is 0 Å². The molecule has 9 heteroatoms. The largest absolute Gasteiger partial charge is 0.444 e. The molecule has 0 aliphatic carbocycles. The molecule has 3 amide bonds. The van der Waals surface area contributed by atoms with Crippen molar-refractivity contribution in [2.45, 2.75) is 71.2 Å². The first-order valence-corrected chi connectivity index (χ1v) is 8.36. The van der Waals surface area contributed by atoms with Gasteiger partial charge in [0, 0.05) is 13.0 Å². The van der Waals surface area contributed by atoms with Gasteiger partial charge in [-0.05, 0) is 33.1 Å². The Labute approximate surface area is 147 Å². The minimum absolute atomic E-state index is 0.0268. The molecule has 1 heterocycles. The van der Waals surface area contributed by atoms with Gasteiger partial charge >= 0.3 is 6.09 Å². The Kier molecular flexibility index (Phi) is 7.18. The first-order chi connectivity index (χ1) is 11.4. The van der Waals surface area contributed by atoms with Crippen molar-refractivity contribution in [1.82, 2.24) is 15.7 Å². The van der Waals surface area contributed by atoms with Gasteiger partial charge in [0.1, 0.15) is 17.7 Å². The van der Waals surface area contributed by atoms with E-state index in [1.807, 2.05) is 13.8 Å². The third-order valence-electron chi connectivity index (χ3n) is 3.67. The summed E-state index contributed by atoms with van der Waals surface area (Å²) in [5, 5.41) is 21.2. The van der Waals surface area contributed by atoms with Crippen LogP contribution >= 0.6 is 0 Å². The van der Waals surface area contributed by atoms with E-state index in [9.17, 15) is 19.5 Å². The van der Waals surface area contributed by atoms with Crippen molar-refractivity contribution >= 4 is 17.9 Å². The number of alkyl carbamates (subject to hydrolysis) is 1. The smallest absolute Gasteiger partial charge is 0.408 e. The van der Waals surface area contributed by atoms with E-state index < -0.39 is 41.7 Å². The molecule has 1 aliphatic rings. The van der Waals surface area contributed by atoms with Crippen molar-refractivity contribution in [3.8, 4) is 0 Å². The highest BCUT2D eigenvalue weighted by Crippen LogP contribution is 2.21. The van der Waals surface area contributed by atoms with Crippen molar-refractivity contribution in [2.75, 3.05) is 6.54 Å². The van der Waals surface area contributed by atoms with Gasteiger partial charge < -0.3 is 20.1 Å². The van der Waals surface area contributed by atoms with Crippen LogP contribution in [0, 0.1) is 5.92 Å².